The van der Waals surface area contributed by atoms with Crippen LogP contribution in [-0.4, -0.2) is 27.8 Å². The molecule has 0 fully saturated rings. The third-order valence-corrected chi connectivity index (χ3v) is 4.55. The molecular weight excluding hydrogens is 426 g/mol. The van der Waals surface area contributed by atoms with Crippen LogP contribution in [0, 0.1) is 5.92 Å². The van der Waals surface area contributed by atoms with Crippen LogP contribution in [-0.2, 0) is 0 Å². The number of aromatic nitrogens is 3. The molecule has 3 aromatic carbocycles. The SMILES string of the molecule is CC(C)COc1ccccc1/C=N\Nc1nc(Nc2ccccc2)nc(Nc2ccccc2)n1. The van der Waals surface area contributed by atoms with Gasteiger partial charge in [-0.25, -0.2) is 5.43 Å². The van der Waals surface area contributed by atoms with Crippen LogP contribution in [0.5, 0.6) is 5.75 Å². The molecule has 0 bridgehead atoms. The fourth-order valence-electron chi connectivity index (χ4n) is 2.97. The lowest BCUT2D eigenvalue weighted by atomic mass is 10.2. The zero-order valence-electron chi connectivity index (χ0n) is 19.1. The quantitative estimate of drug-likeness (QED) is 0.205. The number of rotatable bonds is 10. The Labute approximate surface area is 199 Å². The van der Waals surface area contributed by atoms with E-state index in [1.54, 1.807) is 6.21 Å². The van der Waals surface area contributed by atoms with E-state index >= 15 is 0 Å². The summed E-state index contributed by atoms with van der Waals surface area (Å²) in [5.74, 6) is 2.27. The van der Waals surface area contributed by atoms with Crippen molar-refractivity contribution < 1.29 is 4.74 Å². The van der Waals surface area contributed by atoms with Crippen molar-refractivity contribution in [3.05, 3.63) is 90.5 Å². The second-order valence-corrected chi connectivity index (χ2v) is 7.90. The summed E-state index contributed by atoms with van der Waals surface area (Å²) in [7, 11) is 0. The zero-order valence-corrected chi connectivity index (χ0v) is 19.1. The number of benzene rings is 3. The Bertz CT molecular complexity index is 1150. The number of para-hydroxylation sites is 3. The molecule has 8 heteroatoms. The summed E-state index contributed by atoms with van der Waals surface area (Å²) in [6.07, 6.45) is 1.69. The fraction of sp³-hybridized carbons (Fsp3) is 0.154. The van der Waals surface area contributed by atoms with Gasteiger partial charge in [0, 0.05) is 16.9 Å². The van der Waals surface area contributed by atoms with Gasteiger partial charge in [-0.15, -0.1) is 0 Å². The van der Waals surface area contributed by atoms with Gasteiger partial charge >= 0.3 is 0 Å². The van der Waals surface area contributed by atoms with Crippen molar-refractivity contribution in [2.45, 2.75) is 13.8 Å². The summed E-state index contributed by atoms with van der Waals surface area (Å²) < 4.78 is 5.89. The average molecular weight is 454 g/mol. The molecule has 0 unspecified atom stereocenters. The lowest BCUT2D eigenvalue weighted by molar-refractivity contribution is 0.271. The number of hydrazone groups is 1. The smallest absolute Gasteiger partial charge is 0.250 e. The molecule has 0 aliphatic heterocycles. The largest absolute Gasteiger partial charge is 0.493 e. The van der Waals surface area contributed by atoms with E-state index in [9.17, 15) is 0 Å². The van der Waals surface area contributed by atoms with E-state index in [1.165, 1.54) is 0 Å². The van der Waals surface area contributed by atoms with Gasteiger partial charge in [-0.1, -0.05) is 62.4 Å². The van der Waals surface area contributed by atoms with E-state index in [1.807, 2.05) is 84.9 Å². The predicted octanol–water partition coefficient (Wildman–Crippen LogP) is 5.84. The van der Waals surface area contributed by atoms with Crippen molar-refractivity contribution in [2.75, 3.05) is 22.7 Å². The van der Waals surface area contributed by atoms with Crippen molar-refractivity contribution in [1.29, 1.82) is 0 Å². The first-order valence-electron chi connectivity index (χ1n) is 11.1. The summed E-state index contributed by atoms with van der Waals surface area (Å²) in [6, 6.07) is 27.2. The third kappa shape index (κ3) is 6.77. The second kappa shape index (κ2) is 11.4. The lowest BCUT2D eigenvalue weighted by Gasteiger charge is -2.11. The summed E-state index contributed by atoms with van der Waals surface area (Å²) >= 11 is 0. The highest BCUT2D eigenvalue weighted by atomic mass is 16.5. The summed E-state index contributed by atoms with van der Waals surface area (Å²) in [5, 5.41) is 10.7. The van der Waals surface area contributed by atoms with Gasteiger partial charge in [0.05, 0.1) is 12.8 Å². The van der Waals surface area contributed by atoms with Crippen molar-refractivity contribution >= 4 is 35.4 Å². The molecule has 34 heavy (non-hydrogen) atoms. The average Bonchev–Trinajstić information content (AvgIpc) is 2.84. The number of hydrogen-bond acceptors (Lipinski definition) is 8. The van der Waals surface area contributed by atoms with Gasteiger partial charge < -0.3 is 15.4 Å². The molecule has 0 amide bonds. The minimum Gasteiger partial charge on any atom is -0.493 e. The highest BCUT2D eigenvalue weighted by Crippen LogP contribution is 2.19. The first-order chi connectivity index (χ1) is 16.7. The van der Waals surface area contributed by atoms with E-state index in [0.29, 0.717) is 30.4 Å². The fourth-order valence-corrected chi connectivity index (χ4v) is 2.97. The van der Waals surface area contributed by atoms with Crippen LogP contribution in [0.3, 0.4) is 0 Å². The number of ether oxygens (including phenoxy) is 1. The molecule has 0 atom stereocenters. The summed E-state index contributed by atoms with van der Waals surface area (Å²) in [6.45, 7) is 4.86. The highest BCUT2D eigenvalue weighted by Gasteiger charge is 2.08. The Morgan fingerprint density at radius 2 is 1.26 bits per heavy atom. The van der Waals surface area contributed by atoms with E-state index in [2.05, 4.69) is 50.0 Å². The van der Waals surface area contributed by atoms with Gasteiger partial charge in [-0.3, -0.25) is 0 Å². The summed E-state index contributed by atoms with van der Waals surface area (Å²) in [4.78, 5) is 13.4. The lowest BCUT2D eigenvalue weighted by Crippen LogP contribution is -2.08. The molecule has 1 aromatic heterocycles. The van der Waals surface area contributed by atoms with Crippen LogP contribution in [0.2, 0.25) is 0 Å². The summed E-state index contributed by atoms with van der Waals surface area (Å²) in [5.41, 5.74) is 5.50. The van der Waals surface area contributed by atoms with Gasteiger partial charge in [0.15, 0.2) is 0 Å². The first-order valence-corrected chi connectivity index (χ1v) is 11.1. The number of nitrogens with one attached hydrogen (secondary N) is 3. The van der Waals surface area contributed by atoms with E-state index < -0.39 is 0 Å². The third-order valence-electron chi connectivity index (χ3n) is 4.55. The first kappa shape index (κ1) is 22.7. The maximum atomic E-state index is 5.89. The molecular formula is C26H27N7O. The number of anilines is 5. The van der Waals surface area contributed by atoms with E-state index in [4.69, 9.17) is 4.74 Å². The van der Waals surface area contributed by atoms with E-state index in [-0.39, 0.29) is 0 Å². The van der Waals surface area contributed by atoms with Crippen molar-refractivity contribution in [3.63, 3.8) is 0 Å². The van der Waals surface area contributed by atoms with Crippen molar-refractivity contribution in [1.82, 2.24) is 15.0 Å². The Hall–Kier alpha value is -4.46. The Kier molecular flexibility index (Phi) is 7.63. The molecule has 172 valence electrons. The zero-order chi connectivity index (χ0) is 23.6. The minimum atomic E-state index is 0.295. The van der Waals surface area contributed by atoms with Gasteiger partial charge in [-0.2, -0.15) is 20.1 Å². The van der Waals surface area contributed by atoms with Gasteiger partial charge in [0.1, 0.15) is 5.75 Å². The maximum Gasteiger partial charge on any atom is 0.250 e. The van der Waals surface area contributed by atoms with Crippen LogP contribution in [0.25, 0.3) is 0 Å². The van der Waals surface area contributed by atoms with Gasteiger partial charge in [0.25, 0.3) is 0 Å². The molecule has 8 nitrogen and oxygen atoms in total. The minimum absolute atomic E-state index is 0.295. The molecule has 0 aliphatic rings. The molecule has 0 saturated carbocycles. The highest BCUT2D eigenvalue weighted by molar-refractivity contribution is 5.83. The van der Waals surface area contributed by atoms with Crippen LogP contribution in [0.15, 0.2) is 90.0 Å². The Morgan fingerprint density at radius 1 is 0.735 bits per heavy atom. The van der Waals surface area contributed by atoms with Crippen molar-refractivity contribution in [2.24, 2.45) is 11.0 Å². The van der Waals surface area contributed by atoms with Crippen LogP contribution in [0.1, 0.15) is 19.4 Å². The van der Waals surface area contributed by atoms with Crippen molar-refractivity contribution in [3.8, 4) is 5.75 Å². The monoisotopic (exact) mass is 453 g/mol. The number of nitrogens with zero attached hydrogens (tertiary/aromatic N) is 4. The molecule has 0 saturated heterocycles. The topological polar surface area (TPSA) is 96.4 Å². The molecule has 0 aliphatic carbocycles. The van der Waals surface area contributed by atoms with Crippen LogP contribution in [0.4, 0.5) is 29.2 Å². The molecule has 1 heterocycles. The Morgan fingerprint density at radius 3 is 1.85 bits per heavy atom. The van der Waals surface area contributed by atoms with E-state index in [0.717, 1.165) is 22.7 Å². The maximum absolute atomic E-state index is 5.89. The van der Waals surface area contributed by atoms with Gasteiger partial charge in [-0.05, 0) is 42.3 Å². The molecule has 4 aromatic rings. The van der Waals surface area contributed by atoms with Gasteiger partial charge in [0.2, 0.25) is 17.8 Å². The van der Waals surface area contributed by atoms with Crippen LogP contribution >= 0.6 is 0 Å². The Balaban J connectivity index is 1.54. The second-order valence-electron chi connectivity index (χ2n) is 7.90. The molecule has 0 spiro atoms. The van der Waals surface area contributed by atoms with Crippen LogP contribution < -0.4 is 20.8 Å². The molecule has 4 rings (SSSR count). The normalized spacial score (nSPS) is 10.9. The standard InChI is InChI=1S/C26H27N7O/c1-19(2)18-34-23-16-10-9-11-20(23)17-27-33-26-31-24(28-21-12-5-3-6-13-21)30-25(32-26)29-22-14-7-4-8-15-22/h3-17,19H,18H2,1-2H3,(H3,28,29,30,31,32,33)/b27-17-. The predicted molar refractivity (Wildman–Crippen MR) is 137 cm³/mol. The molecule has 0 radical (unpaired) electrons. The molecule has 3 N–H and O–H groups in total. The number of hydrogen-bond donors (Lipinski definition) is 3.